The molecule has 1 aliphatic carbocycles. The lowest BCUT2D eigenvalue weighted by Crippen LogP contribution is -2.66. The van der Waals surface area contributed by atoms with Crippen molar-refractivity contribution in [2.45, 2.75) is 68.4 Å². The molecule has 9 nitrogen and oxygen atoms in total. The Morgan fingerprint density at radius 2 is 1.74 bits per heavy atom. The Hall–Kier alpha value is -2.53. The number of hydrogen-bond donors (Lipinski definition) is 3. The molecule has 2 aromatic rings. The molecule has 35 heavy (non-hydrogen) atoms. The molecular formula is C25H35N3O6S. The molecule has 1 aliphatic rings. The monoisotopic (exact) mass is 505 g/mol. The molecule has 3 N–H and O–H groups in total. The number of carbonyl (C=O) groups excluding carboxylic acids is 1. The van der Waals surface area contributed by atoms with Crippen LogP contribution in [0.15, 0.2) is 53.7 Å². The summed E-state index contributed by atoms with van der Waals surface area (Å²) in [6.07, 6.45) is 6.26. The molecule has 1 fully saturated rings. The van der Waals surface area contributed by atoms with Gasteiger partial charge in [-0.3, -0.25) is 20.3 Å². The predicted molar refractivity (Wildman–Crippen MR) is 131 cm³/mol. The SMILES string of the molecule is CCCO[C@H]1CC[C@H]([C@](NCc2ccncc2)(C(=O)NO)S(=O)(=O)c2ccc(OCC)cc2)CC1. The highest BCUT2D eigenvalue weighted by molar-refractivity contribution is 7.93. The molecule has 0 bridgehead atoms. The smallest absolute Gasteiger partial charge is 0.280 e. The highest BCUT2D eigenvalue weighted by Crippen LogP contribution is 2.41. The van der Waals surface area contributed by atoms with Crippen LogP contribution in [0.5, 0.6) is 5.75 Å². The number of hydroxylamine groups is 1. The van der Waals surface area contributed by atoms with Gasteiger partial charge in [-0.2, -0.15) is 0 Å². The van der Waals surface area contributed by atoms with Crippen LogP contribution in [0.25, 0.3) is 0 Å². The molecular weight excluding hydrogens is 470 g/mol. The van der Waals surface area contributed by atoms with E-state index in [4.69, 9.17) is 9.47 Å². The van der Waals surface area contributed by atoms with Crippen LogP contribution in [0.4, 0.5) is 0 Å². The standard InChI is InChI=1S/C25H35N3O6S/c1-3-17-34-22-7-5-20(6-8-22)25(24(29)28-30,27-18-19-13-15-26-16-14-19)35(31,32)23-11-9-21(10-12-23)33-4-2/h9-16,20,22,27,30H,3-8,17-18H2,1-2H3,(H,28,29)/t20-,22-,25-/m1/s1. The van der Waals surface area contributed by atoms with Crippen molar-refractivity contribution in [1.29, 1.82) is 0 Å². The Bertz CT molecular complexity index is 1040. The van der Waals surface area contributed by atoms with E-state index < -0.39 is 26.5 Å². The maximum atomic E-state index is 14.2. The molecule has 1 atom stereocenters. The summed E-state index contributed by atoms with van der Waals surface area (Å²) in [6, 6.07) is 9.49. The lowest BCUT2D eigenvalue weighted by molar-refractivity contribution is -0.135. The number of amides is 1. The highest BCUT2D eigenvalue weighted by Gasteiger charge is 2.57. The van der Waals surface area contributed by atoms with E-state index in [0.29, 0.717) is 44.6 Å². The zero-order chi connectivity index (χ0) is 25.3. The summed E-state index contributed by atoms with van der Waals surface area (Å²) >= 11 is 0. The second kappa shape index (κ2) is 12.4. The van der Waals surface area contributed by atoms with Gasteiger partial charge in [0, 0.05) is 31.5 Å². The van der Waals surface area contributed by atoms with E-state index in [-0.39, 0.29) is 17.5 Å². The first-order chi connectivity index (χ1) is 16.9. The molecule has 0 spiro atoms. The van der Waals surface area contributed by atoms with E-state index in [2.05, 4.69) is 10.3 Å². The van der Waals surface area contributed by atoms with E-state index >= 15 is 0 Å². The van der Waals surface area contributed by atoms with Crippen LogP contribution in [0, 0.1) is 5.92 Å². The third-order valence-electron chi connectivity index (χ3n) is 6.42. The Balaban J connectivity index is 2.02. The van der Waals surface area contributed by atoms with Gasteiger partial charge < -0.3 is 9.47 Å². The van der Waals surface area contributed by atoms with Gasteiger partial charge in [0.15, 0.2) is 0 Å². The fourth-order valence-electron chi connectivity index (χ4n) is 4.65. The fraction of sp³-hybridized carbons (Fsp3) is 0.520. The maximum absolute atomic E-state index is 14.2. The van der Waals surface area contributed by atoms with Gasteiger partial charge in [-0.1, -0.05) is 6.92 Å². The fourth-order valence-corrected chi connectivity index (χ4v) is 6.74. The number of aromatic nitrogens is 1. The summed E-state index contributed by atoms with van der Waals surface area (Å²) in [7, 11) is -4.31. The number of pyridine rings is 1. The van der Waals surface area contributed by atoms with Crippen molar-refractivity contribution in [1.82, 2.24) is 15.8 Å². The first-order valence-electron chi connectivity index (χ1n) is 12.1. The molecule has 1 amide bonds. The van der Waals surface area contributed by atoms with Crippen LogP contribution in [-0.2, 0) is 25.9 Å². The molecule has 1 saturated carbocycles. The summed E-state index contributed by atoms with van der Waals surface area (Å²) in [6.45, 7) is 5.06. The number of hydrogen-bond acceptors (Lipinski definition) is 8. The number of nitrogens with one attached hydrogen (secondary N) is 2. The van der Waals surface area contributed by atoms with Crippen molar-refractivity contribution in [3.63, 3.8) is 0 Å². The van der Waals surface area contributed by atoms with Crippen LogP contribution in [0.2, 0.25) is 0 Å². The van der Waals surface area contributed by atoms with Gasteiger partial charge in [-0.25, -0.2) is 13.9 Å². The van der Waals surface area contributed by atoms with Gasteiger partial charge >= 0.3 is 0 Å². The van der Waals surface area contributed by atoms with Crippen LogP contribution >= 0.6 is 0 Å². The van der Waals surface area contributed by atoms with Gasteiger partial charge in [0.25, 0.3) is 5.91 Å². The van der Waals surface area contributed by atoms with E-state index in [1.165, 1.54) is 12.1 Å². The first-order valence-corrected chi connectivity index (χ1v) is 13.5. The Labute approximate surface area is 207 Å². The molecule has 1 heterocycles. The molecule has 1 aromatic heterocycles. The lowest BCUT2D eigenvalue weighted by atomic mass is 9.81. The average molecular weight is 506 g/mol. The molecule has 0 unspecified atom stereocenters. The molecule has 0 radical (unpaired) electrons. The molecule has 10 heteroatoms. The van der Waals surface area contributed by atoms with Crippen LogP contribution in [0.3, 0.4) is 0 Å². The second-order valence-electron chi connectivity index (χ2n) is 8.64. The molecule has 3 rings (SSSR count). The number of nitrogens with zero attached hydrogens (tertiary/aromatic N) is 1. The van der Waals surface area contributed by atoms with Crippen LogP contribution in [0.1, 0.15) is 51.5 Å². The molecule has 0 saturated heterocycles. The normalized spacial score (nSPS) is 20.1. The molecule has 192 valence electrons. The van der Waals surface area contributed by atoms with Crippen molar-refractivity contribution in [2.75, 3.05) is 13.2 Å². The topological polar surface area (TPSA) is 127 Å². The number of rotatable bonds is 12. The van der Waals surface area contributed by atoms with E-state index in [9.17, 15) is 18.4 Å². The number of benzene rings is 1. The third-order valence-corrected chi connectivity index (χ3v) is 8.82. The van der Waals surface area contributed by atoms with Crippen LogP contribution in [-0.4, -0.2) is 48.7 Å². The summed E-state index contributed by atoms with van der Waals surface area (Å²) in [5.74, 6) is -1.06. The maximum Gasteiger partial charge on any atom is 0.280 e. The van der Waals surface area contributed by atoms with Gasteiger partial charge in [0.05, 0.1) is 17.6 Å². The Kier molecular flexibility index (Phi) is 9.62. The number of ether oxygens (including phenoxy) is 2. The zero-order valence-corrected chi connectivity index (χ0v) is 21.1. The quantitative estimate of drug-likeness (QED) is 0.296. The lowest BCUT2D eigenvalue weighted by Gasteiger charge is -2.42. The summed E-state index contributed by atoms with van der Waals surface area (Å²) in [4.78, 5) is 15.2. The van der Waals surface area contributed by atoms with Crippen molar-refractivity contribution in [3.05, 3.63) is 54.4 Å². The third kappa shape index (κ3) is 6.00. The summed E-state index contributed by atoms with van der Waals surface area (Å²) < 4.78 is 39.7. The first kappa shape index (κ1) is 27.1. The second-order valence-corrected chi connectivity index (χ2v) is 10.8. The van der Waals surface area contributed by atoms with Gasteiger partial charge in [-0.05, 0) is 81.0 Å². The highest BCUT2D eigenvalue weighted by atomic mass is 32.2. The van der Waals surface area contributed by atoms with Gasteiger partial charge in [0.1, 0.15) is 5.75 Å². The minimum absolute atomic E-state index is 0.0227. The van der Waals surface area contributed by atoms with Crippen molar-refractivity contribution in [3.8, 4) is 5.75 Å². The van der Waals surface area contributed by atoms with E-state index in [0.717, 1.165) is 12.0 Å². The van der Waals surface area contributed by atoms with Crippen molar-refractivity contribution >= 4 is 15.7 Å². The van der Waals surface area contributed by atoms with E-state index in [1.807, 2.05) is 13.8 Å². The van der Waals surface area contributed by atoms with Gasteiger partial charge in [0.2, 0.25) is 14.7 Å². The number of carbonyl (C=O) groups is 1. The summed E-state index contributed by atoms with van der Waals surface area (Å²) in [5.41, 5.74) is 2.40. The minimum Gasteiger partial charge on any atom is -0.494 e. The number of sulfone groups is 1. The largest absolute Gasteiger partial charge is 0.494 e. The molecule has 0 aliphatic heterocycles. The predicted octanol–water partition coefficient (Wildman–Crippen LogP) is 3.23. The van der Waals surface area contributed by atoms with Gasteiger partial charge in [-0.15, -0.1) is 0 Å². The molecule has 1 aromatic carbocycles. The summed E-state index contributed by atoms with van der Waals surface area (Å²) in [5, 5.41) is 12.8. The van der Waals surface area contributed by atoms with Crippen molar-refractivity contribution in [2.24, 2.45) is 5.92 Å². The minimum atomic E-state index is -4.31. The Morgan fingerprint density at radius 3 is 2.31 bits per heavy atom. The zero-order valence-electron chi connectivity index (χ0n) is 20.3. The van der Waals surface area contributed by atoms with Crippen molar-refractivity contribution < 1.29 is 27.9 Å². The Morgan fingerprint density at radius 1 is 1.09 bits per heavy atom. The van der Waals surface area contributed by atoms with Crippen LogP contribution < -0.4 is 15.5 Å². The van der Waals surface area contributed by atoms with E-state index in [1.54, 1.807) is 42.1 Å². The average Bonchev–Trinajstić information content (AvgIpc) is 2.89.